The van der Waals surface area contributed by atoms with Crippen LogP contribution in [0.4, 0.5) is 0 Å². The number of hydrogen-bond donors (Lipinski definition) is 8. The molecule has 1 aliphatic heterocycles. The fraction of sp³-hybridized carbons (Fsp3) is 0.845. The van der Waals surface area contributed by atoms with Gasteiger partial charge in [-0.1, -0.05) is 204 Å². The largest absolute Gasteiger partial charge is 0.394 e. The van der Waals surface area contributed by atoms with E-state index in [9.17, 15) is 40.5 Å². The van der Waals surface area contributed by atoms with Crippen LogP contribution in [0.2, 0.25) is 0 Å². The lowest BCUT2D eigenvalue weighted by molar-refractivity contribution is -0.303. The van der Waals surface area contributed by atoms with Crippen LogP contribution in [-0.4, -0.2) is 110 Å². The van der Waals surface area contributed by atoms with Crippen molar-refractivity contribution in [2.45, 2.75) is 300 Å². The Bertz CT molecular complexity index is 1260. The number of amides is 1. The van der Waals surface area contributed by atoms with Crippen LogP contribution in [0.3, 0.4) is 0 Å². The summed E-state index contributed by atoms with van der Waals surface area (Å²) in [4.78, 5) is 13.1. The van der Waals surface area contributed by atoms with Gasteiger partial charge < -0.3 is 50.5 Å². The highest BCUT2D eigenvalue weighted by molar-refractivity contribution is 5.80. The van der Waals surface area contributed by atoms with Gasteiger partial charge in [-0.25, -0.2) is 0 Å². The molecule has 0 aromatic heterocycles. The molecule has 1 heterocycles. The maximum absolute atomic E-state index is 13.1. The van der Waals surface area contributed by atoms with Crippen LogP contribution in [0.5, 0.6) is 0 Å². The van der Waals surface area contributed by atoms with Crippen LogP contribution in [0, 0.1) is 0 Å². The van der Waals surface area contributed by atoms with Crippen LogP contribution in [-0.2, 0) is 14.3 Å². The molecular formula is C58H107NO10. The van der Waals surface area contributed by atoms with E-state index in [1.165, 1.54) is 128 Å². The third kappa shape index (κ3) is 35.8. The highest BCUT2D eigenvalue weighted by Gasteiger charge is 2.44. The van der Waals surface area contributed by atoms with E-state index in [-0.39, 0.29) is 12.8 Å². The molecule has 9 unspecified atom stereocenters. The average molecular weight is 978 g/mol. The molecule has 0 radical (unpaired) electrons. The van der Waals surface area contributed by atoms with E-state index >= 15 is 0 Å². The zero-order valence-corrected chi connectivity index (χ0v) is 44.0. The highest BCUT2D eigenvalue weighted by Crippen LogP contribution is 2.23. The first-order valence-corrected chi connectivity index (χ1v) is 28.5. The van der Waals surface area contributed by atoms with Gasteiger partial charge in [0.1, 0.15) is 36.6 Å². The molecule has 1 fully saturated rings. The molecule has 0 bridgehead atoms. The second-order valence-corrected chi connectivity index (χ2v) is 20.0. The Balaban J connectivity index is 2.33. The molecule has 11 nitrogen and oxygen atoms in total. The molecule has 0 aliphatic carbocycles. The average Bonchev–Trinajstić information content (AvgIpc) is 3.35. The fourth-order valence-corrected chi connectivity index (χ4v) is 8.88. The lowest BCUT2D eigenvalue weighted by Crippen LogP contribution is -2.60. The Morgan fingerprint density at radius 2 is 0.870 bits per heavy atom. The lowest BCUT2D eigenvalue weighted by Gasteiger charge is -2.40. The van der Waals surface area contributed by atoms with Crippen molar-refractivity contribution in [3.63, 3.8) is 0 Å². The third-order valence-corrected chi connectivity index (χ3v) is 13.6. The van der Waals surface area contributed by atoms with Crippen molar-refractivity contribution in [2.24, 2.45) is 0 Å². The van der Waals surface area contributed by atoms with Crippen molar-refractivity contribution in [3.05, 3.63) is 48.6 Å². The SMILES string of the molecule is CCCCCC/C=C\CCCCCCCCC(O)C(=O)NC(COC1OC(CO)C(O)C(O)C1O)C(O)C(O)CCC/C=C/CC/C=C/CC/C=C/CCCCCCCCCCCCCCCCC. The van der Waals surface area contributed by atoms with Crippen LogP contribution >= 0.6 is 0 Å². The molecule has 404 valence electrons. The van der Waals surface area contributed by atoms with Crippen molar-refractivity contribution < 1.29 is 50.0 Å². The molecule has 69 heavy (non-hydrogen) atoms. The number of ether oxygens (including phenoxy) is 2. The Labute approximate surface area is 421 Å². The Hall–Kier alpha value is -1.93. The summed E-state index contributed by atoms with van der Waals surface area (Å²) in [6, 6.07) is -1.20. The van der Waals surface area contributed by atoms with Crippen molar-refractivity contribution in [1.29, 1.82) is 0 Å². The highest BCUT2D eigenvalue weighted by atomic mass is 16.7. The van der Waals surface area contributed by atoms with Crippen molar-refractivity contribution in [2.75, 3.05) is 13.2 Å². The van der Waals surface area contributed by atoms with Crippen molar-refractivity contribution in [1.82, 2.24) is 5.32 Å². The van der Waals surface area contributed by atoms with Crippen LogP contribution in [0.1, 0.15) is 245 Å². The zero-order chi connectivity index (χ0) is 50.4. The topological polar surface area (TPSA) is 189 Å². The van der Waals surface area contributed by atoms with E-state index in [0.29, 0.717) is 19.3 Å². The van der Waals surface area contributed by atoms with Gasteiger partial charge in [0.05, 0.1) is 25.4 Å². The summed E-state index contributed by atoms with van der Waals surface area (Å²) in [5, 5.41) is 75.9. The third-order valence-electron chi connectivity index (χ3n) is 13.6. The van der Waals surface area contributed by atoms with E-state index in [4.69, 9.17) is 9.47 Å². The second-order valence-electron chi connectivity index (χ2n) is 20.0. The Kier molecular flexibility index (Phi) is 44.4. The Morgan fingerprint density at radius 3 is 1.30 bits per heavy atom. The van der Waals surface area contributed by atoms with Gasteiger partial charge in [0.25, 0.3) is 0 Å². The number of unbranched alkanes of at least 4 members (excludes halogenated alkanes) is 28. The fourth-order valence-electron chi connectivity index (χ4n) is 8.88. The summed E-state index contributed by atoms with van der Waals surface area (Å²) >= 11 is 0. The van der Waals surface area contributed by atoms with Crippen LogP contribution in [0.15, 0.2) is 48.6 Å². The monoisotopic (exact) mass is 978 g/mol. The maximum Gasteiger partial charge on any atom is 0.249 e. The first-order valence-electron chi connectivity index (χ1n) is 28.5. The molecule has 1 saturated heterocycles. The molecule has 8 N–H and O–H groups in total. The van der Waals surface area contributed by atoms with Crippen LogP contribution in [0.25, 0.3) is 0 Å². The normalized spacial score (nSPS) is 20.7. The summed E-state index contributed by atoms with van der Waals surface area (Å²) in [6.07, 6.45) is 47.5. The number of rotatable bonds is 48. The second kappa shape index (κ2) is 47.1. The van der Waals surface area contributed by atoms with E-state index < -0.39 is 74.2 Å². The van der Waals surface area contributed by atoms with Gasteiger partial charge >= 0.3 is 0 Å². The number of carbonyl (C=O) groups is 1. The number of aliphatic hydroxyl groups excluding tert-OH is 7. The smallest absolute Gasteiger partial charge is 0.249 e. The van der Waals surface area contributed by atoms with Gasteiger partial charge in [-0.05, 0) is 89.9 Å². The zero-order valence-electron chi connectivity index (χ0n) is 44.0. The maximum atomic E-state index is 13.1. The first-order chi connectivity index (χ1) is 33.7. The molecule has 0 saturated carbocycles. The van der Waals surface area contributed by atoms with Gasteiger partial charge in [0, 0.05) is 0 Å². The minimum Gasteiger partial charge on any atom is -0.394 e. The molecular weight excluding hydrogens is 871 g/mol. The predicted molar refractivity (Wildman–Crippen MR) is 284 cm³/mol. The molecule has 9 atom stereocenters. The van der Waals surface area contributed by atoms with E-state index in [1.807, 2.05) is 0 Å². The van der Waals surface area contributed by atoms with Gasteiger partial charge in [-0.2, -0.15) is 0 Å². The van der Waals surface area contributed by atoms with Gasteiger partial charge in [-0.3, -0.25) is 4.79 Å². The summed E-state index contributed by atoms with van der Waals surface area (Å²) in [5.74, 6) is -0.718. The number of hydrogen-bond acceptors (Lipinski definition) is 10. The van der Waals surface area contributed by atoms with E-state index in [0.717, 1.165) is 70.6 Å². The predicted octanol–water partition coefficient (Wildman–Crippen LogP) is 11.7. The van der Waals surface area contributed by atoms with Crippen molar-refractivity contribution in [3.8, 4) is 0 Å². The summed E-state index contributed by atoms with van der Waals surface area (Å²) in [7, 11) is 0. The van der Waals surface area contributed by atoms with Crippen molar-refractivity contribution >= 4 is 5.91 Å². The van der Waals surface area contributed by atoms with Gasteiger partial charge in [0.2, 0.25) is 5.91 Å². The molecule has 1 aliphatic rings. The quantitative estimate of drug-likeness (QED) is 0.0215. The molecule has 0 aromatic carbocycles. The summed E-state index contributed by atoms with van der Waals surface area (Å²) in [6.45, 7) is 3.42. The van der Waals surface area contributed by atoms with E-state index in [2.05, 4.69) is 67.8 Å². The number of aliphatic hydroxyl groups is 7. The molecule has 0 aromatic rings. The molecule has 1 amide bonds. The minimum atomic E-state index is -1.67. The minimum absolute atomic E-state index is 0.239. The molecule has 0 spiro atoms. The number of allylic oxidation sites excluding steroid dienone is 8. The van der Waals surface area contributed by atoms with Crippen LogP contribution < -0.4 is 5.32 Å². The summed E-state index contributed by atoms with van der Waals surface area (Å²) in [5.41, 5.74) is 0. The van der Waals surface area contributed by atoms with Gasteiger partial charge in [-0.15, -0.1) is 0 Å². The lowest BCUT2D eigenvalue weighted by atomic mass is 9.98. The number of nitrogens with one attached hydrogen (secondary N) is 1. The molecule has 11 heteroatoms. The standard InChI is InChI=1S/C58H107NO10/c1-3-5-7-9-11-13-15-17-19-20-21-22-23-24-25-26-27-28-29-30-31-32-34-35-37-39-41-43-45-50(61)53(63)49(48-68-58-56(66)55(65)54(64)52(47-60)69-58)59-57(67)51(62)46-44-42-40-38-36-33-18-16-14-12-10-8-6-4-2/h14,16,27-28,31-32,37,39,49-56,58,60-66H,3-13,15,17-26,29-30,33-36,38,40-48H2,1-2H3,(H,59,67)/b16-14-,28-27+,32-31+,39-37+. The summed E-state index contributed by atoms with van der Waals surface area (Å²) < 4.78 is 11.1. The van der Waals surface area contributed by atoms with E-state index in [1.54, 1.807) is 0 Å². The molecule has 1 rings (SSSR count). The van der Waals surface area contributed by atoms with Gasteiger partial charge in [0.15, 0.2) is 6.29 Å². The first kappa shape index (κ1) is 65.1. The number of carbonyl (C=O) groups excluding carboxylic acids is 1. The Morgan fingerprint density at radius 1 is 0.493 bits per heavy atom.